The van der Waals surface area contributed by atoms with Crippen LogP contribution in [0, 0.1) is 11.8 Å². The van der Waals surface area contributed by atoms with Gasteiger partial charge in [0, 0.05) is 38.5 Å². The number of hydrogen-bond acceptors (Lipinski definition) is 7. The van der Waals surface area contributed by atoms with Crippen molar-refractivity contribution in [1.29, 1.82) is 0 Å². The first-order valence-corrected chi connectivity index (χ1v) is 9.78. The van der Waals surface area contributed by atoms with Gasteiger partial charge in [0.05, 0.1) is 12.3 Å². The zero-order valence-corrected chi connectivity index (χ0v) is 16.6. The predicted octanol–water partition coefficient (Wildman–Crippen LogP) is 2.16. The van der Waals surface area contributed by atoms with Crippen LogP contribution in [0.15, 0.2) is 0 Å². The summed E-state index contributed by atoms with van der Waals surface area (Å²) in [6, 6.07) is 0. The summed E-state index contributed by atoms with van der Waals surface area (Å²) in [5.74, 6) is -1.48. The van der Waals surface area contributed by atoms with Gasteiger partial charge in [-0.25, -0.2) is 0 Å². The Morgan fingerprint density at radius 1 is 0.643 bits per heavy atom. The van der Waals surface area contributed by atoms with Crippen molar-refractivity contribution < 1.29 is 33.6 Å². The molecule has 0 heterocycles. The summed E-state index contributed by atoms with van der Waals surface area (Å²) in [6.07, 6.45) is 5.56. The monoisotopic (exact) mass is 392 g/mol. The minimum absolute atomic E-state index is 0.112. The molecule has 0 saturated heterocycles. The van der Waals surface area contributed by atoms with Crippen LogP contribution >= 0.6 is 0 Å². The summed E-state index contributed by atoms with van der Waals surface area (Å²) in [6.45, 7) is 3.00. The highest BCUT2D eigenvalue weighted by Crippen LogP contribution is 2.18. The van der Waals surface area contributed by atoms with Crippen LogP contribution in [0.1, 0.15) is 78.1 Å². The standard InChI is InChI=1S/C8H10O3.C7H10O2.C6H8O2/c1-5(9)8-6(10)3-2-4-7(8)11;1-5-6(8)3-2-4-7(5)9;7-5-2-1-3-6(8)4-5/h8H,2-4H2,1H3;5H,2-4H2,1H3;1-4H2. The Morgan fingerprint density at radius 2 is 1.00 bits per heavy atom. The fraction of sp³-hybridized carbons (Fsp3) is 0.667. The van der Waals surface area contributed by atoms with E-state index in [1.807, 2.05) is 0 Å². The Morgan fingerprint density at radius 3 is 1.25 bits per heavy atom. The molecule has 0 aliphatic heterocycles. The molecule has 7 heteroatoms. The van der Waals surface area contributed by atoms with Crippen LogP contribution in [0.3, 0.4) is 0 Å². The van der Waals surface area contributed by atoms with Gasteiger partial charge >= 0.3 is 0 Å². The Bertz CT molecular complexity index is 628. The summed E-state index contributed by atoms with van der Waals surface area (Å²) in [4.78, 5) is 75.3. The van der Waals surface area contributed by atoms with Crippen molar-refractivity contribution in [3.8, 4) is 0 Å². The topological polar surface area (TPSA) is 119 Å². The molecule has 3 aliphatic carbocycles. The second kappa shape index (κ2) is 11.5. The molecule has 0 spiro atoms. The quantitative estimate of drug-likeness (QED) is 0.627. The molecule has 0 aromatic heterocycles. The smallest absolute Gasteiger partial charge is 0.150 e. The Kier molecular flexibility index (Phi) is 9.76. The van der Waals surface area contributed by atoms with Crippen molar-refractivity contribution in [2.45, 2.75) is 78.1 Å². The van der Waals surface area contributed by atoms with E-state index in [1.54, 1.807) is 6.92 Å². The number of ketones is 7. The van der Waals surface area contributed by atoms with Crippen LogP contribution in [0.25, 0.3) is 0 Å². The molecule has 0 atom stereocenters. The molecule has 3 fully saturated rings. The van der Waals surface area contributed by atoms with Gasteiger partial charge in [-0.2, -0.15) is 0 Å². The molecular formula is C21H28O7. The van der Waals surface area contributed by atoms with Crippen LogP contribution in [0.5, 0.6) is 0 Å². The molecule has 154 valence electrons. The Hall–Kier alpha value is -2.31. The summed E-state index contributed by atoms with van der Waals surface area (Å²) < 4.78 is 0. The maximum atomic E-state index is 11.0. The molecule has 0 bridgehead atoms. The average Bonchev–Trinajstić information content (AvgIpc) is 2.60. The largest absolute Gasteiger partial charge is 0.299 e. The normalized spacial score (nSPS) is 21.5. The van der Waals surface area contributed by atoms with Crippen LogP contribution in [0.2, 0.25) is 0 Å². The lowest BCUT2D eigenvalue weighted by Crippen LogP contribution is -2.33. The van der Waals surface area contributed by atoms with Gasteiger partial charge in [-0.3, -0.25) is 33.6 Å². The van der Waals surface area contributed by atoms with Gasteiger partial charge in [-0.05, 0) is 33.1 Å². The van der Waals surface area contributed by atoms with Gasteiger partial charge in [-0.1, -0.05) is 0 Å². The van der Waals surface area contributed by atoms with Crippen molar-refractivity contribution >= 4 is 40.5 Å². The molecule has 0 aromatic carbocycles. The van der Waals surface area contributed by atoms with E-state index < -0.39 is 5.92 Å². The van der Waals surface area contributed by atoms with Crippen molar-refractivity contribution in [3.05, 3.63) is 0 Å². The predicted molar refractivity (Wildman–Crippen MR) is 99.5 cm³/mol. The maximum Gasteiger partial charge on any atom is 0.150 e. The van der Waals surface area contributed by atoms with E-state index in [0.717, 1.165) is 12.8 Å². The number of carbonyl (C=O) groups excluding carboxylic acids is 7. The van der Waals surface area contributed by atoms with E-state index in [9.17, 15) is 33.6 Å². The highest BCUT2D eigenvalue weighted by molar-refractivity contribution is 6.19. The second-order valence-corrected chi connectivity index (χ2v) is 7.45. The van der Waals surface area contributed by atoms with E-state index in [2.05, 4.69) is 0 Å². The second-order valence-electron chi connectivity index (χ2n) is 7.45. The van der Waals surface area contributed by atoms with E-state index >= 15 is 0 Å². The molecule has 3 aliphatic rings. The third-order valence-corrected chi connectivity index (χ3v) is 5.01. The summed E-state index contributed by atoms with van der Waals surface area (Å²) in [5.41, 5.74) is 0. The molecule has 0 N–H and O–H groups in total. The lowest BCUT2D eigenvalue weighted by atomic mass is 9.84. The molecule has 0 aromatic rings. The van der Waals surface area contributed by atoms with E-state index in [4.69, 9.17) is 0 Å². The third kappa shape index (κ3) is 7.74. The minimum atomic E-state index is -0.927. The van der Waals surface area contributed by atoms with Gasteiger partial charge in [-0.15, -0.1) is 0 Å². The first-order chi connectivity index (χ1) is 13.1. The van der Waals surface area contributed by atoms with E-state index in [1.165, 1.54) is 6.92 Å². The highest BCUT2D eigenvalue weighted by atomic mass is 16.2. The van der Waals surface area contributed by atoms with Crippen molar-refractivity contribution in [2.24, 2.45) is 11.8 Å². The van der Waals surface area contributed by atoms with Crippen LogP contribution in [-0.2, 0) is 33.6 Å². The minimum Gasteiger partial charge on any atom is -0.299 e. The third-order valence-electron chi connectivity index (χ3n) is 5.01. The summed E-state index contributed by atoms with van der Waals surface area (Å²) in [5, 5.41) is 0. The maximum absolute atomic E-state index is 11.0. The molecule has 0 amide bonds. The van der Waals surface area contributed by atoms with E-state index in [-0.39, 0.29) is 52.8 Å². The highest BCUT2D eigenvalue weighted by Gasteiger charge is 2.33. The molecule has 7 nitrogen and oxygen atoms in total. The zero-order valence-electron chi connectivity index (χ0n) is 16.6. The van der Waals surface area contributed by atoms with Crippen LogP contribution in [0.4, 0.5) is 0 Å². The molecule has 3 rings (SSSR count). The van der Waals surface area contributed by atoms with Gasteiger partial charge in [0.2, 0.25) is 0 Å². The van der Waals surface area contributed by atoms with Crippen LogP contribution in [-0.4, -0.2) is 40.5 Å². The van der Waals surface area contributed by atoms with Crippen LogP contribution < -0.4 is 0 Å². The lowest BCUT2D eigenvalue weighted by Gasteiger charge is -2.15. The molecular weight excluding hydrogens is 364 g/mol. The summed E-state index contributed by atoms with van der Waals surface area (Å²) >= 11 is 0. The SMILES string of the molecule is CC(=O)C1C(=O)CCCC1=O.CC1C(=O)CCCC1=O.O=C1CCCC(=O)C1. The summed E-state index contributed by atoms with van der Waals surface area (Å²) in [7, 11) is 0. The average molecular weight is 392 g/mol. The molecule has 0 radical (unpaired) electrons. The Balaban J connectivity index is 0.000000213. The Labute approximate surface area is 164 Å². The number of rotatable bonds is 1. The van der Waals surface area contributed by atoms with Gasteiger partial charge in [0.15, 0.2) is 11.6 Å². The van der Waals surface area contributed by atoms with Gasteiger partial charge in [0.25, 0.3) is 0 Å². The lowest BCUT2D eigenvalue weighted by molar-refractivity contribution is -0.142. The molecule has 0 unspecified atom stereocenters. The fourth-order valence-corrected chi connectivity index (χ4v) is 3.29. The van der Waals surface area contributed by atoms with Crippen molar-refractivity contribution in [1.82, 2.24) is 0 Å². The van der Waals surface area contributed by atoms with Gasteiger partial charge in [0.1, 0.15) is 34.8 Å². The van der Waals surface area contributed by atoms with Crippen molar-refractivity contribution in [2.75, 3.05) is 0 Å². The van der Waals surface area contributed by atoms with E-state index in [0.29, 0.717) is 44.9 Å². The molecule has 3 saturated carbocycles. The first-order valence-electron chi connectivity index (χ1n) is 9.78. The fourth-order valence-electron chi connectivity index (χ4n) is 3.29. The van der Waals surface area contributed by atoms with Gasteiger partial charge < -0.3 is 0 Å². The number of Topliss-reactive ketones (excluding diaryl/α,β-unsaturated/α-hetero) is 7. The zero-order chi connectivity index (χ0) is 21.3. The number of hydrogen-bond donors (Lipinski definition) is 0. The number of carbonyl (C=O) groups is 7. The van der Waals surface area contributed by atoms with Crippen molar-refractivity contribution in [3.63, 3.8) is 0 Å². The first kappa shape index (κ1) is 23.7. The molecule has 28 heavy (non-hydrogen) atoms.